The highest BCUT2D eigenvalue weighted by molar-refractivity contribution is 5.81. The minimum Gasteiger partial charge on any atom is -0.352 e. The van der Waals surface area contributed by atoms with Gasteiger partial charge in [-0.3, -0.25) is 4.79 Å². The van der Waals surface area contributed by atoms with E-state index in [1.807, 2.05) is 13.8 Å². The first kappa shape index (κ1) is 15.5. The van der Waals surface area contributed by atoms with Crippen LogP contribution in [0.2, 0.25) is 0 Å². The molecule has 1 amide bonds. The molecule has 3 heteroatoms. The lowest BCUT2D eigenvalue weighted by Crippen LogP contribution is -2.48. The molecule has 2 N–H and O–H groups in total. The van der Waals surface area contributed by atoms with Gasteiger partial charge >= 0.3 is 0 Å². The Labute approximate surface area is 112 Å². The van der Waals surface area contributed by atoms with Gasteiger partial charge in [0.05, 0.1) is 6.04 Å². The third-order valence-electron chi connectivity index (χ3n) is 4.29. The van der Waals surface area contributed by atoms with Crippen LogP contribution in [0, 0.1) is 5.41 Å². The van der Waals surface area contributed by atoms with Gasteiger partial charge < -0.3 is 10.6 Å². The fourth-order valence-electron chi connectivity index (χ4n) is 2.54. The maximum Gasteiger partial charge on any atom is 0.237 e. The van der Waals surface area contributed by atoms with Crippen LogP contribution in [0.15, 0.2) is 0 Å². The van der Waals surface area contributed by atoms with Gasteiger partial charge in [0.25, 0.3) is 0 Å². The molecule has 3 nitrogen and oxygen atoms in total. The van der Waals surface area contributed by atoms with Crippen LogP contribution in [0.5, 0.6) is 0 Å². The molecule has 18 heavy (non-hydrogen) atoms. The largest absolute Gasteiger partial charge is 0.352 e. The van der Waals surface area contributed by atoms with E-state index >= 15 is 0 Å². The minimum atomic E-state index is -0.0854. The molecule has 0 spiro atoms. The highest BCUT2D eigenvalue weighted by atomic mass is 16.2. The van der Waals surface area contributed by atoms with E-state index in [-0.39, 0.29) is 18.0 Å². The summed E-state index contributed by atoms with van der Waals surface area (Å²) < 4.78 is 0. The monoisotopic (exact) mass is 254 g/mol. The van der Waals surface area contributed by atoms with Crippen LogP contribution in [0.25, 0.3) is 0 Å². The quantitative estimate of drug-likeness (QED) is 0.765. The average Bonchev–Trinajstić information content (AvgIpc) is 2.36. The van der Waals surface area contributed by atoms with Crippen molar-refractivity contribution in [1.29, 1.82) is 0 Å². The molecular weight excluding hydrogens is 224 g/mol. The van der Waals surface area contributed by atoms with E-state index in [2.05, 4.69) is 24.5 Å². The lowest BCUT2D eigenvalue weighted by atomic mass is 9.75. The number of rotatable bonds is 6. The van der Waals surface area contributed by atoms with E-state index < -0.39 is 0 Å². The summed E-state index contributed by atoms with van der Waals surface area (Å²) >= 11 is 0. The Morgan fingerprint density at radius 1 is 1.22 bits per heavy atom. The second-order valence-electron chi connectivity index (χ2n) is 6.29. The number of carbonyl (C=O) groups is 1. The average molecular weight is 254 g/mol. The van der Waals surface area contributed by atoms with Crippen molar-refractivity contribution in [2.24, 2.45) is 5.41 Å². The van der Waals surface area contributed by atoms with Gasteiger partial charge in [-0.25, -0.2) is 0 Å². The maximum absolute atomic E-state index is 11.9. The fourth-order valence-corrected chi connectivity index (χ4v) is 2.54. The zero-order chi connectivity index (χ0) is 13.6. The van der Waals surface area contributed by atoms with Gasteiger partial charge in [0, 0.05) is 12.6 Å². The summed E-state index contributed by atoms with van der Waals surface area (Å²) in [5, 5.41) is 6.44. The van der Waals surface area contributed by atoms with Gasteiger partial charge in [-0.1, -0.05) is 33.1 Å². The number of carbonyl (C=O) groups excluding carboxylic acids is 1. The van der Waals surface area contributed by atoms with Gasteiger partial charge in [-0.2, -0.15) is 0 Å². The fraction of sp³-hybridized carbons (Fsp3) is 0.933. The van der Waals surface area contributed by atoms with Crippen molar-refractivity contribution in [2.75, 3.05) is 6.54 Å². The van der Waals surface area contributed by atoms with E-state index in [0.29, 0.717) is 5.41 Å². The molecule has 1 saturated carbocycles. The van der Waals surface area contributed by atoms with Crippen LogP contribution >= 0.6 is 0 Å². The van der Waals surface area contributed by atoms with E-state index in [0.717, 1.165) is 13.0 Å². The van der Waals surface area contributed by atoms with Crippen LogP contribution in [0.1, 0.15) is 66.2 Å². The van der Waals surface area contributed by atoms with Crippen LogP contribution < -0.4 is 10.6 Å². The molecule has 0 aromatic rings. The van der Waals surface area contributed by atoms with E-state index in [9.17, 15) is 4.79 Å². The van der Waals surface area contributed by atoms with Crippen molar-refractivity contribution in [2.45, 2.75) is 78.3 Å². The molecule has 0 radical (unpaired) electrons. The SMILES string of the molecule is CCC(C)NC(=O)C(C)NCC1(C)CCCCC1. The smallest absolute Gasteiger partial charge is 0.237 e. The molecule has 2 unspecified atom stereocenters. The Morgan fingerprint density at radius 3 is 2.39 bits per heavy atom. The first-order valence-corrected chi connectivity index (χ1v) is 7.50. The Hall–Kier alpha value is -0.570. The van der Waals surface area contributed by atoms with Crippen molar-refractivity contribution < 1.29 is 4.79 Å². The van der Waals surface area contributed by atoms with Gasteiger partial charge in [0.15, 0.2) is 0 Å². The van der Waals surface area contributed by atoms with Crippen LogP contribution in [0.4, 0.5) is 0 Å². The van der Waals surface area contributed by atoms with Crippen LogP contribution in [0.3, 0.4) is 0 Å². The third-order valence-corrected chi connectivity index (χ3v) is 4.29. The molecular formula is C15H30N2O. The highest BCUT2D eigenvalue weighted by Gasteiger charge is 2.27. The molecule has 106 valence electrons. The first-order valence-electron chi connectivity index (χ1n) is 7.50. The molecule has 2 atom stereocenters. The Bertz CT molecular complexity index is 259. The van der Waals surface area contributed by atoms with Crippen LogP contribution in [-0.2, 0) is 4.79 Å². The Morgan fingerprint density at radius 2 is 1.83 bits per heavy atom. The summed E-state index contributed by atoms with van der Waals surface area (Å²) in [6.07, 6.45) is 7.62. The molecule has 1 aliphatic rings. The third kappa shape index (κ3) is 4.97. The maximum atomic E-state index is 11.9. The number of hydrogen-bond donors (Lipinski definition) is 2. The van der Waals surface area contributed by atoms with Crippen molar-refractivity contribution in [1.82, 2.24) is 10.6 Å². The number of amides is 1. The lowest BCUT2D eigenvalue weighted by molar-refractivity contribution is -0.123. The van der Waals surface area contributed by atoms with Crippen molar-refractivity contribution in [3.8, 4) is 0 Å². The second-order valence-corrected chi connectivity index (χ2v) is 6.29. The molecule has 1 fully saturated rings. The second kappa shape index (κ2) is 7.13. The van der Waals surface area contributed by atoms with Crippen LogP contribution in [-0.4, -0.2) is 24.5 Å². The molecule has 0 heterocycles. The zero-order valence-electron chi connectivity index (χ0n) is 12.5. The van der Waals surface area contributed by atoms with Gasteiger partial charge in [0.2, 0.25) is 5.91 Å². The van der Waals surface area contributed by atoms with E-state index in [1.54, 1.807) is 0 Å². The Balaban J connectivity index is 2.31. The normalized spacial score (nSPS) is 22.2. The minimum absolute atomic E-state index is 0.0854. The Kier molecular flexibility index (Phi) is 6.13. The molecule has 1 aliphatic carbocycles. The summed E-state index contributed by atoms with van der Waals surface area (Å²) in [4.78, 5) is 11.9. The zero-order valence-corrected chi connectivity index (χ0v) is 12.5. The predicted octanol–water partition coefficient (Wildman–Crippen LogP) is 2.85. The van der Waals surface area contributed by atoms with Crippen molar-refractivity contribution >= 4 is 5.91 Å². The highest BCUT2D eigenvalue weighted by Crippen LogP contribution is 2.34. The molecule has 1 rings (SSSR count). The molecule has 0 aromatic heterocycles. The topological polar surface area (TPSA) is 41.1 Å². The van der Waals surface area contributed by atoms with E-state index in [1.165, 1.54) is 32.1 Å². The summed E-state index contributed by atoms with van der Waals surface area (Å²) in [5.41, 5.74) is 0.392. The first-order chi connectivity index (χ1) is 8.47. The predicted molar refractivity (Wildman–Crippen MR) is 76.6 cm³/mol. The van der Waals surface area contributed by atoms with Gasteiger partial charge in [0.1, 0.15) is 0 Å². The summed E-state index contributed by atoms with van der Waals surface area (Å²) in [6, 6.07) is 0.185. The number of nitrogens with one attached hydrogen (secondary N) is 2. The summed E-state index contributed by atoms with van der Waals surface area (Å²) in [6.45, 7) is 9.41. The molecule has 0 bridgehead atoms. The summed E-state index contributed by atoms with van der Waals surface area (Å²) in [5.74, 6) is 0.128. The summed E-state index contributed by atoms with van der Waals surface area (Å²) in [7, 11) is 0. The standard InChI is InChI=1S/C15H30N2O/c1-5-12(2)17-14(18)13(3)16-11-15(4)9-7-6-8-10-15/h12-13,16H,5-11H2,1-4H3,(H,17,18). The molecule has 0 saturated heterocycles. The van der Waals surface area contributed by atoms with Gasteiger partial charge in [-0.05, 0) is 38.5 Å². The molecule has 0 aromatic carbocycles. The lowest BCUT2D eigenvalue weighted by Gasteiger charge is -2.34. The van der Waals surface area contributed by atoms with Crippen molar-refractivity contribution in [3.05, 3.63) is 0 Å². The van der Waals surface area contributed by atoms with E-state index in [4.69, 9.17) is 0 Å². The van der Waals surface area contributed by atoms with Crippen molar-refractivity contribution in [3.63, 3.8) is 0 Å². The van der Waals surface area contributed by atoms with Gasteiger partial charge in [-0.15, -0.1) is 0 Å². The molecule has 0 aliphatic heterocycles. The number of hydrogen-bond acceptors (Lipinski definition) is 2.